The number of benzene rings is 2. The zero-order valence-electron chi connectivity index (χ0n) is 19.4. The summed E-state index contributed by atoms with van der Waals surface area (Å²) in [6.45, 7) is 1.70. The highest BCUT2D eigenvalue weighted by Gasteiger charge is 2.25. The van der Waals surface area contributed by atoms with Crippen LogP contribution in [0.25, 0.3) is 11.2 Å². The third-order valence-electron chi connectivity index (χ3n) is 6.60. The lowest BCUT2D eigenvalue weighted by Crippen LogP contribution is -2.43. The van der Waals surface area contributed by atoms with Gasteiger partial charge in [-0.3, -0.25) is 14.2 Å². The number of fused-ring (bicyclic) bond motifs is 1. The molecule has 0 aliphatic heterocycles. The van der Waals surface area contributed by atoms with E-state index in [-0.39, 0.29) is 12.6 Å². The van der Waals surface area contributed by atoms with Gasteiger partial charge in [-0.25, -0.2) is 14.3 Å². The third kappa shape index (κ3) is 4.53. The Morgan fingerprint density at radius 3 is 2.54 bits per heavy atom. The van der Waals surface area contributed by atoms with Crippen LogP contribution in [-0.2, 0) is 17.9 Å². The largest absolute Gasteiger partial charge is 0.333 e. The number of halogens is 1. The van der Waals surface area contributed by atoms with E-state index < -0.39 is 23.7 Å². The minimum atomic E-state index is -0.569. The number of carbonyl (C=O) groups excluding carboxylic acids is 1. The topological polar surface area (TPSA) is 90.9 Å². The van der Waals surface area contributed by atoms with E-state index in [1.165, 1.54) is 4.57 Å². The number of aromatic nitrogens is 4. The van der Waals surface area contributed by atoms with Gasteiger partial charge in [0, 0.05) is 16.8 Å². The lowest BCUT2D eigenvalue weighted by molar-refractivity contribution is -0.116. The molecule has 0 saturated heterocycles. The van der Waals surface area contributed by atoms with Crippen molar-refractivity contribution in [2.75, 3.05) is 5.32 Å². The number of carbonyl (C=O) groups is 1. The summed E-state index contributed by atoms with van der Waals surface area (Å²) >= 11 is 6.17. The zero-order chi connectivity index (χ0) is 24.5. The average Bonchev–Trinajstić information content (AvgIpc) is 3.53. The molecule has 5 rings (SSSR count). The lowest BCUT2D eigenvalue weighted by Gasteiger charge is -2.15. The molecule has 1 fully saturated rings. The summed E-state index contributed by atoms with van der Waals surface area (Å²) in [7, 11) is 0. The summed E-state index contributed by atoms with van der Waals surface area (Å²) in [5.74, 6) is -0.485. The van der Waals surface area contributed by atoms with Gasteiger partial charge >= 0.3 is 5.69 Å². The first-order chi connectivity index (χ1) is 16.9. The van der Waals surface area contributed by atoms with Gasteiger partial charge in [-0.1, -0.05) is 60.8 Å². The van der Waals surface area contributed by atoms with Crippen LogP contribution in [0.5, 0.6) is 0 Å². The molecule has 2 heterocycles. The van der Waals surface area contributed by atoms with Gasteiger partial charge in [0.2, 0.25) is 5.91 Å². The normalized spacial score (nSPS) is 14.0. The third-order valence-corrected chi connectivity index (χ3v) is 7.01. The molecule has 0 unspecified atom stereocenters. The fraction of sp³-hybridized carbons (Fsp3) is 0.308. The fourth-order valence-corrected chi connectivity index (χ4v) is 4.91. The number of anilines is 1. The molecule has 2 aromatic carbocycles. The SMILES string of the molecule is Cc1ccc(NC(=O)Cn2c(=O)c3c(ncn3C3CCCC3)n(Cc3ccccc3)c2=O)cc1Cl. The van der Waals surface area contributed by atoms with Gasteiger partial charge in [0.15, 0.2) is 11.2 Å². The molecule has 2 aromatic heterocycles. The van der Waals surface area contributed by atoms with E-state index in [1.54, 1.807) is 24.5 Å². The van der Waals surface area contributed by atoms with Crippen LogP contribution in [-0.4, -0.2) is 24.6 Å². The van der Waals surface area contributed by atoms with E-state index in [4.69, 9.17) is 11.6 Å². The zero-order valence-corrected chi connectivity index (χ0v) is 20.2. The summed E-state index contributed by atoms with van der Waals surface area (Å²) in [5, 5.41) is 3.26. The molecule has 0 radical (unpaired) electrons. The number of hydrogen-bond acceptors (Lipinski definition) is 4. The molecule has 180 valence electrons. The second-order valence-electron chi connectivity index (χ2n) is 9.02. The molecule has 0 bridgehead atoms. The van der Waals surface area contributed by atoms with Gasteiger partial charge in [0.1, 0.15) is 6.54 Å². The van der Waals surface area contributed by atoms with Crippen molar-refractivity contribution >= 4 is 34.4 Å². The number of rotatable bonds is 6. The molecule has 35 heavy (non-hydrogen) atoms. The van der Waals surface area contributed by atoms with Gasteiger partial charge in [-0.2, -0.15) is 0 Å². The van der Waals surface area contributed by atoms with Crippen LogP contribution < -0.4 is 16.6 Å². The van der Waals surface area contributed by atoms with Crippen LogP contribution in [0.2, 0.25) is 5.02 Å². The predicted octanol–water partition coefficient (Wildman–Crippen LogP) is 4.12. The Kier molecular flexibility index (Phi) is 6.30. The first-order valence-corrected chi connectivity index (χ1v) is 12.1. The number of aryl methyl sites for hydroxylation is 1. The quantitative estimate of drug-likeness (QED) is 0.439. The van der Waals surface area contributed by atoms with Crippen molar-refractivity contribution in [3.63, 3.8) is 0 Å². The van der Waals surface area contributed by atoms with E-state index in [2.05, 4.69) is 10.3 Å². The van der Waals surface area contributed by atoms with E-state index in [0.717, 1.165) is 41.4 Å². The van der Waals surface area contributed by atoms with Crippen LogP contribution in [0, 0.1) is 6.92 Å². The predicted molar refractivity (Wildman–Crippen MR) is 136 cm³/mol. The van der Waals surface area contributed by atoms with Crippen molar-refractivity contribution in [3.05, 3.63) is 91.8 Å². The van der Waals surface area contributed by atoms with Crippen molar-refractivity contribution in [1.82, 2.24) is 18.7 Å². The number of nitrogens with one attached hydrogen (secondary N) is 1. The van der Waals surface area contributed by atoms with Crippen molar-refractivity contribution in [1.29, 1.82) is 0 Å². The minimum absolute atomic E-state index is 0.160. The highest BCUT2D eigenvalue weighted by molar-refractivity contribution is 6.31. The molecule has 0 spiro atoms. The fourth-order valence-electron chi connectivity index (χ4n) is 4.73. The summed E-state index contributed by atoms with van der Waals surface area (Å²) in [5.41, 5.74) is 1.91. The summed E-state index contributed by atoms with van der Waals surface area (Å²) in [6.07, 6.45) is 5.74. The Hall–Kier alpha value is -3.65. The van der Waals surface area contributed by atoms with Crippen molar-refractivity contribution in [3.8, 4) is 0 Å². The standard InChI is InChI=1S/C26H26ClN5O3/c1-17-11-12-19(13-21(17)27)29-22(33)15-31-25(34)23-24(28-16-32(23)20-9-5-6-10-20)30(26(31)35)14-18-7-3-2-4-8-18/h2-4,7-8,11-13,16,20H,5-6,9-10,14-15H2,1H3,(H,29,33). The van der Waals surface area contributed by atoms with Crippen LogP contribution in [0.15, 0.2) is 64.4 Å². The van der Waals surface area contributed by atoms with Gasteiger partial charge in [0.25, 0.3) is 5.56 Å². The second kappa shape index (κ2) is 9.54. The minimum Gasteiger partial charge on any atom is -0.324 e. The number of nitrogens with zero attached hydrogens (tertiary/aromatic N) is 4. The second-order valence-corrected chi connectivity index (χ2v) is 9.43. The molecule has 1 amide bonds. The molecular formula is C26H26ClN5O3. The molecule has 1 aliphatic rings. The first kappa shape index (κ1) is 23.1. The Bertz CT molecular complexity index is 1510. The Morgan fingerprint density at radius 1 is 1.09 bits per heavy atom. The molecule has 1 N–H and O–H groups in total. The molecule has 4 aromatic rings. The molecular weight excluding hydrogens is 466 g/mol. The van der Waals surface area contributed by atoms with E-state index in [0.29, 0.717) is 21.9 Å². The smallest absolute Gasteiger partial charge is 0.324 e. The Balaban J connectivity index is 1.58. The van der Waals surface area contributed by atoms with E-state index in [9.17, 15) is 14.4 Å². The summed E-state index contributed by atoms with van der Waals surface area (Å²) in [4.78, 5) is 44.4. The van der Waals surface area contributed by atoms with Crippen molar-refractivity contribution in [2.24, 2.45) is 0 Å². The molecule has 0 atom stereocenters. The first-order valence-electron chi connectivity index (χ1n) is 11.7. The highest BCUT2D eigenvalue weighted by atomic mass is 35.5. The van der Waals surface area contributed by atoms with Gasteiger partial charge in [-0.15, -0.1) is 0 Å². The number of hydrogen-bond donors (Lipinski definition) is 1. The Morgan fingerprint density at radius 2 is 1.83 bits per heavy atom. The van der Waals surface area contributed by atoms with Crippen LogP contribution >= 0.6 is 11.6 Å². The molecule has 9 heteroatoms. The van der Waals surface area contributed by atoms with Crippen molar-refractivity contribution in [2.45, 2.75) is 51.7 Å². The number of imidazole rings is 1. The lowest BCUT2D eigenvalue weighted by atomic mass is 10.2. The van der Waals surface area contributed by atoms with Crippen molar-refractivity contribution < 1.29 is 4.79 Å². The summed E-state index contributed by atoms with van der Waals surface area (Å²) in [6, 6.07) is 14.8. The maximum atomic E-state index is 13.6. The molecule has 1 saturated carbocycles. The summed E-state index contributed by atoms with van der Waals surface area (Å²) < 4.78 is 4.37. The highest BCUT2D eigenvalue weighted by Crippen LogP contribution is 2.31. The van der Waals surface area contributed by atoms with Crippen LogP contribution in [0.3, 0.4) is 0 Å². The van der Waals surface area contributed by atoms with Crippen LogP contribution in [0.1, 0.15) is 42.9 Å². The monoisotopic (exact) mass is 491 g/mol. The number of amides is 1. The maximum absolute atomic E-state index is 13.6. The average molecular weight is 492 g/mol. The Labute approximate surface area is 206 Å². The molecule has 1 aliphatic carbocycles. The van der Waals surface area contributed by atoms with Crippen LogP contribution in [0.4, 0.5) is 5.69 Å². The van der Waals surface area contributed by atoms with E-state index in [1.807, 2.05) is 41.8 Å². The molecule has 8 nitrogen and oxygen atoms in total. The maximum Gasteiger partial charge on any atom is 0.333 e. The van der Waals surface area contributed by atoms with Gasteiger partial charge in [0.05, 0.1) is 12.9 Å². The van der Waals surface area contributed by atoms with Gasteiger partial charge in [-0.05, 0) is 43.0 Å². The van der Waals surface area contributed by atoms with Gasteiger partial charge < -0.3 is 9.88 Å². The van der Waals surface area contributed by atoms with E-state index >= 15 is 0 Å².